The van der Waals surface area contributed by atoms with Crippen molar-refractivity contribution in [2.24, 2.45) is 0 Å². The Labute approximate surface area is 131 Å². The molecule has 1 unspecified atom stereocenters. The summed E-state index contributed by atoms with van der Waals surface area (Å²) in [6, 6.07) is 10.8. The van der Waals surface area contributed by atoms with E-state index in [0.717, 1.165) is 31.5 Å². The van der Waals surface area contributed by atoms with Crippen LogP contribution in [0.1, 0.15) is 33.7 Å². The molecule has 1 aliphatic carbocycles. The number of nitrogens with zero attached hydrogens (tertiary/aromatic N) is 1. The molecule has 0 saturated carbocycles. The molecule has 1 heterocycles. The average molecular weight is 295 g/mol. The molecule has 4 rings (SSSR count). The minimum Gasteiger partial charge on any atom is -0.504 e. The quantitative estimate of drug-likeness (QED) is 0.877. The molecule has 1 aliphatic heterocycles. The van der Waals surface area contributed by atoms with Crippen molar-refractivity contribution in [2.45, 2.75) is 25.3 Å². The number of phenols is 1. The van der Waals surface area contributed by atoms with Crippen LogP contribution in [0.5, 0.6) is 11.5 Å². The molecule has 0 radical (unpaired) electrons. The van der Waals surface area contributed by atoms with Crippen LogP contribution in [0.4, 0.5) is 0 Å². The zero-order valence-corrected chi connectivity index (χ0v) is 13.1. The van der Waals surface area contributed by atoms with Gasteiger partial charge in [0, 0.05) is 24.6 Å². The van der Waals surface area contributed by atoms with E-state index in [0.29, 0.717) is 17.4 Å². The van der Waals surface area contributed by atoms with Crippen molar-refractivity contribution in [3.8, 4) is 11.5 Å². The highest BCUT2D eigenvalue weighted by Crippen LogP contribution is 2.46. The summed E-state index contributed by atoms with van der Waals surface area (Å²) in [6.07, 6.45) is 2.06. The second-order valence-corrected chi connectivity index (χ2v) is 6.43. The average Bonchev–Trinajstić information content (AvgIpc) is 2.68. The topological polar surface area (TPSA) is 32.7 Å². The Morgan fingerprint density at radius 3 is 2.77 bits per heavy atom. The molecule has 1 N–H and O–H groups in total. The number of likely N-dealkylation sites (N-methyl/N-ethyl adjacent to an activating group) is 1. The van der Waals surface area contributed by atoms with Crippen molar-refractivity contribution >= 4 is 0 Å². The number of methoxy groups -OCH3 is 1. The highest BCUT2D eigenvalue weighted by Gasteiger charge is 2.33. The van der Waals surface area contributed by atoms with Gasteiger partial charge < -0.3 is 14.7 Å². The molecular formula is C19H21NO2. The van der Waals surface area contributed by atoms with E-state index in [4.69, 9.17) is 4.74 Å². The summed E-state index contributed by atoms with van der Waals surface area (Å²) in [5, 5.41) is 10.6. The molecule has 2 aromatic carbocycles. The molecule has 2 aliphatic rings. The third kappa shape index (κ3) is 1.92. The van der Waals surface area contributed by atoms with Crippen LogP contribution in [-0.2, 0) is 19.4 Å². The number of hydrogen-bond donors (Lipinski definition) is 1. The Bertz CT molecular complexity index is 738. The van der Waals surface area contributed by atoms with Gasteiger partial charge in [0.2, 0.25) is 0 Å². The second-order valence-electron chi connectivity index (χ2n) is 6.43. The Hall–Kier alpha value is -2.00. The first kappa shape index (κ1) is 13.6. The summed E-state index contributed by atoms with van der Waals surface area (Å²) in [6.45, 7) is 1.78. The first-order valence-electron chi connectivity index (χ1n) is 7.87. The van der Waals surface area contributed by atoms with Crippen molar-refractivity contribution in [3.05, 3.63) is 58.1 Å². The molecule has 1 atom stereocenters. The van der Waals surface area contributed by atoms with Gasteiger partial charge in [-0.15, -0.1) is 0 Å². The van der Waals surface area contributed by atoms with Gasteiger partial charge in [-0.1, -0.05) is 24.3 Å². The molecule has 114 valence electrons. The number of benzene rings is 2. The molecule has 22 heavy (non-hydrogen) atoms. The van der Waals surface area contributed by atoms with Crippen molar-refractivity contribution in [1.82, 2.24) is 4.90 Å². The van der Waals surface area contributed by atoms with Gasteiger partial charge in [0.15, 0.2) is 11.5 Å². The molecule has 0 spiro atoms. The van der Waals surface area contributed by atoms with E-state index in [1.54, 1.807) is 7.11 Å². The third-order valence-corrected chi connectivity index (χ3v) is 5.08. The summed E-state index contributed by atoms with van der Waals surface area (Å²) in [4.78, 5) is 2.29. The summed E-state index contributed by atoms with van der Waals surface area (Å²) >= 11 is 0. The first-order valence-corrected chi connectivity index (χ1v) is 7.87. The van der Waals surface area contributed by atoms with Crippen LogP contribution in [0.15, 0.2) is 30.3 Å². The highest BCUT2D eigenvalue weighted by molar-refractivity contribution is 5.59. The Morgan fingerprint density at radius 2 is 1.95 bits per heavy atom. The van der Waals surface area contributed by atoms with Crippen LogP contribution in [0.2, 0.25) is 0 Å². The molecule has 0 fully saturated rings. The lowest BCUT2D eigenvalue weighted by molar-refractivity contribution is 0.283. The van der Waals surface area contributed by atoms with Gasteiger partial charge in [-0.3, -0.25) is 0 Å². The van der Waals surface area contributed by atoms with Gasteiger partial charge in [-0.2, -0.15) is 0 Å². The predicted molar refractivity (Wildman–Crippen MR) is 86.7 cm³/mol. The van der Waals surface area contributed by atoms with Crippen LogP contribution >= 0.6 is 0 Å². The molecule has 0 bridgehead atoms. The largest absolute Gasteiger partial charge is 0.504 e. The van der Waals surface area contributed by atoms with Crippen LogP contribution in [0, 0.1) is 0 Å². The lowest BCUT2D eigenvalue weighted by Gasteiger charge is -2.34. The predicted octanol–water partition coefficient (Wildman–Crippen LogP) is 3.08. The summed E-state index contributed by atoms with van der Waals surface area (Å²) in [5.41, 5.74) is 6.56. The fourth-order valence-corrected chi connectivity index (χ4v) is 4.09. The summed E-state index contributed by atoms with van der Waals surface area (Å²) in [5.74, 6) is 1.27. The molecular weight excluding hydrogens is 274 g/mol. The van der Waals surface area contributed by atoms with Crippen molar-refractivity contribution in [1.29, 1.82) is 0 Å². The van der Waals surface area contributed by atoms with E-state index < -0.39 is 0 Å². The van der Waals surface area contributed by atoms with Crippen LogP contribution in [0.25, 0.3) is 0 Å². The smallest absolute Gasteiger partial charge is 0.162 e. The number of aromatic hydroxyl groups is 1. The van der Waals surface area contributed by atoms with Gasteiger partial charge in [0.25, 0.3) is 0 Å². The van der Waals surface area contributed by atoms with E-state index >= 15 is 0 Å². The maximum atomic E-state index is 10.6. The Balaban J connectivity index is 1.99. The normalized spacial score (nSPS) is 20.0. The molecule has 2 aromatic rings. The number of phenolic OH excluding ortho intramolecular Hbond substituents is 1. The molecule has 3 heteroatoms. The van der Waals surface area contributed by atoms with Crippen LogP contribution in [0.3, 0.4) is 0 Å². The number of hydrogen-bond acceptors (Lipinski definition) is 3. The molecule has 0 saturated heterocycles. The molecule has 3 nitrogen and oxygen atoms in total. The lowest BCUT2D eigenvalue weighted by atomic mass is 9.81. The van der Waals surface area contributed by atoms with Gasteiger partial charge in [-0.25, -0.2) is 0 Å². The molecule has 0 aromatic heterocycles. The highest BCUT2D eigenvalue weighted by atomic mass is 16.5. The van der Waals surface area contributed by atoms with Crippen LogP contribution < -0.4 is 4.74 Å². The van der Waals surface area contributed by atoms with Crippen molar-refractivity contribution in [3.63, 3.8) is 0 Å². The monoisotopic (exact) mass is 295 g/mol. The van der Waals surface area contributed by atoms with Gasteiger partial charge in [0.05, 0.1) is 7.11 Å². The maximum Gasteiger partial charge on any atom is 0.162 e. The summed E-state index contributed by atoms with van der Waals surface area (Å²) in [7, 11) is 3.75. The maximum absolute atomic E-state index is 10.6. The Morgan fingerprint density at radius 1 is 1.18 bits per heavy atom. The standard InChI is InChI=1S/C19H21NO2/c1-20-10-15-14-6-4-3-5-12(14)7-8-13-9-17(22-2)19(21)16(11-20)18(13)15/h3-6,9,15,21H,7-8,10-11H2,1-2H3. The van der Waals surface area contributed by atoms with E-state index in [-0.39, 0.29) is 0 Å². The third-order valence-electron chi connectivity index (χ3n) is 5.08. The summed E-state index contributed by atoms with van der Waals surface area (Å²) < 4.78 is 5.40. The Kier molecular flexibility index (Phi) is 3.12. The van der Waals surface area contributed by atoms with Gasteiger partial charge in [-0.05, 0) is 48.2 Å². The lowest BCUT2D eigenvalue weighted by Crippen LogP contribution is -2.31. The van der Waals surface area contributed by atoms with E-state index in [9.17, 15) is 5.11 Å². The second kappa shape index (κ2) is 5.03. The van der Waals surface area contributed by atoms with E-state index in [1.807, 2.05) is 6.07 Å². The van der Waals surface area contributed by atoms with Crippen LogP contribution in [-0.4, -0.2) is 30.7 Å². The minimum absolute atomic E-state index is 0.317. The number of fused-ring (bicyclic) bond motifs is 2. The number of rotatable bonds is 1. The first-order chi connectivity index (χ1) is 10.7. The zero-order chi connectivity index (χ0) is 15.3. The minimum atomic E-state index is 0.317. The van der Waals surface area contributed by atoms with Crippen molar-refractivity contribution < 1.29 is 9.84 Å². The zero-order valence-electron chi connectivity index (χ0n) is 13.1. The number of aryl methyl sites for hydroxylation is 2. The molecule has 0 amide bonds. The number of ether oxygens (including phenoxy) is 1. The fraction of sp³-hybridized carbons (Fsp3) is 0.368. The van der Waals surface area contributed by atoms with Gasteiger partial charge in [0.1, 0.15) is 0 Å². The van der Waals surface area contributed by atoms with E-state index in [1.165, 1.54) is 22.3 Å². The SMILES string of the molecule is COc1cc2c3c(c1O)CN(C)CC3c1ccccc1CC2. The van der Waals surface area contributed by atoms with E-state index in [2.05, 4.69) is 36.2 Å². The fourth-order valence-electron chi connectivity index (χ4n) is 4.09. The van der Waals surface area contributed by atoms with Crippen molar-refractivity contribution in [2.75, 3.05) is 20.7 Å². The van der Waals surface area contributed by atoms with Gasteiger partial charge >= 0.3 is 0 Å².